The molecule has 0 atom stereocenters. The molecule has 0 spiro atoms. The number of carbonyl (C=O) groups excluding carboxylic acids is 1. The number of sulfonamides is 1. The Morgan fingerprint density at radius 3 is 2.42 bits per heavy atom. The lowest BCUT2D eigenvalue weighted by molar-refractivity contribution is 0.0489. The molecule has 2 heterocycles. The van der Waals surface area contributed by atoms with Crippen LogP contribution in [0.5, 0.6) is 0 Å². The van der Waals surface area contributed by atoms with Crippen molar-refractivity contribution in [3.63, 3.8) is 0 Å². The number of hydrogen-bond donors (Lipinski definition) is 1. The molecule has 1 aliphatic heterocycles. The van der Waals surface area contributed by atoms with Crippen LogP contribution in [-0.4, -0.2) is 48.1 Å². The fourth-order valence-electron chi connectivity index (χ4n) is 4.10. The van der Waals surface area contributed by atoms with Gasteiger partial charge in [0, 0.05) is 47.1 Å². The number of ether oxygens (including phenoxy) is 1. The molecule has 4 rings (SSSR count). The number of amides is 1. The molecule has 2 aromatic rings. The van der Waals surface area contributed by atoms with E-state index in [1.807, 2.05) is 0 Å². The summed E-state index contributed by atoms with van der Waals surface area (Å²) in [4.78, 5) is 25.2. The zero-order valence-electron chi connectivity index (χ0n) is 19.1. The fourth-order valence-corrected chi connectivity index (χ4v) is 6.14. The first kappa shape index (κ1) is 24.2. The second kappa shape index (κ2) is 9.03. The van der Waals surface area contributed by atoms with E-state index in [1.165, 1.54) is 10.5 Å². The molecule has 1 N–H and O–H groups in total. The molecular weight excluding hydrogens is 510 g/mol. The number of hydrogen-bond acceptors (Lipinski definition) is 5. The van der Waals surface area contributed by atoms with Gasteiger partial charge >= 0.3 is 6.09 Å². The van der Waals surface area contributed by atoms with Crippen LogP contribution in [0.25, 0.3) is 10.8 Å². The highest BCUT2D eigenvalue weighted by molar-refractivity contribution is 9.10. The standard InChI is InChI=1S/C23H30BrN3O5S/c1-23(2,3)32-22(29)25-17-8-10-27(11-9-17)33(30,31)20-14-26(13-15-4-5-15)21(28)18-7-6-16(24)12-19(18)20/h6-7,12,14-15,17H,4-5,8-11,13H2,1-3H3,(H,25,29). The third-order valence-electron chi connectivity index (χ3n) is 5.96. The molecule has 2 aliphatic rings. The van der Waals surface area contributed by atoms with Crippen LogP contribution in [-0.2, 0) is 21.3 Å². The number of piperidine rings is 1. The molecule has 10 heteroatoms. The molecule has 0 radical (unpaired) electrons. The summed E-state index contributed by atoms with van der Waals surface area (Å²) in [6.07, 6.45) is 4.11. The minimum Gasteiger partial charge on any atom is -0.444 e. The van der Waals surface area contributed by atoms with Gasteiger partial charge in [0.2, 0.25) is 10.0 Å². The Bertz CT molecular complexity index is 1220. The summed E-state index contributed by atoms with van der Waals surface area (Å²) in [7, 11) is -3.83. The van der Waals surface area contributed by atoms with Gasteiger partial charge in [-0.3, -0.25) is 4.79 Å². The Morgan fingerprint density at radius 1 is 1.15 bits per heavy atom. The van der Waals surface area contributed by atoms with Crippen LogP contribution in [0.4, 0.5) is 4.79 Å². The van der Waals surface area contributed by atoms with E-state index in [-0.39, 0.29) is 29.6 Å². The van der Waals surface area contributed by atoms with Gasteiger partial charge in [-0.1, -0.05) is 15.9 Å². The Kier molecular flexibility index (Phi) is 6.63. The summed E-state index contributed by atoms with van der Waals surface area (Å²) < 4.78 is 36.4. The SMILES string of the molecule is CC(C)(C)OC(=O)NC1CCN(S(=O)(=O)c2cn(CC3CC3)c(=O)c3ccc(Br)cc23)CC1. The summed E-state index contributed by atoms with van der Waals surface area (Å²) in [6.45, 7) is 6.49. The van der Waals surface area contributed by atoms with Crippen molar-refractivity contribution >= 4 is 42.8 Å². The van der Waals surface area contributed by atoms with Gasteiger partial charge in [-0.15, -0.1) is 0 Å². The van der Waals surface area contributed by atoms with Crippen molar-refractivity contribution in [2.24, 2.45) is 5.92 Å². The zero-order chi connectivity index (χ0) is 24.0. The largest absolute Gasteiger partial charge is 0.444 e. The van der Waals surface area contributed by atoms with Crippen molar-refractivity contribution < 1.29 is 17.9 Å². The van der Waals surface area contributed by atoms with Gasteiger partial charge in [0.05, 0.1) is 0 Å². The number of alkyl carbamates (subject to hydrolysis) is 1. The molecule has 1 aromatic carbocycles. The van der Waals surface area contributed by atoms with E-state index in [4.69, 9.17) is 4.74 Å². The second-order valence-electron chi connectivity index (χ2n) is 9.91. The lowest BCUT2D eigenvalue weighted by Gasteiger charge is -2.32. The van der Waals surface area contributed by atoms with E-state index in [2.05, 4.69) is 21.2 Å². The number of pyridine rings is 1. The number of nitrogens with one attached hydrogen (secondary N) is 1. The third kappa shape index (κ3) is 5.60. The highest BCUT2D eigenvalue weighted by atomic mass is 79.9. The molecule has 0 bridgehead atoms. The second-order valence-corrected chi connectivity index (χ2v) is 12.7. The van der Waals surface area contributed by atoms with Gasteiger partial charge < -0.3 is 14.6 Å². The monoisotopic (exact) mass is 539 g/mol. The van der Waals surface area contributed by atoms with Crippen LogP contribution < -0.4 is 10.9 Å². The lowest BCUT2D eigenvalue weighted by Crippen LogP contribution is -2.47. The molecular formula is C23H30BrN3O5S. The van der Waals surface area contributed by atoms with Crippen LogP contribution in [0.1, 0.15) is 46.5 Å². The normalized spacial score (nSPS) is 18.4. The minimum absolute atomic E-state index is 0.151. The number of nitrogens with zero attached hydrogens (tertiary/aromatic N) is 2. The predicted octanol–water partition coefficient (Wildman–Crippen LogP) is 3.85. The van der Waals surface area contributed by atoms with E-state index in [9.17, 15) is 18.0 Å². The Labute approximate surface area is 202 Å². The highest BCUT2D eigenvalue weighted by Crippen LogP contribution is 2.32. The summed E-state index contributed by atoms with van der Waals surface area (Å²) >= 11 is 3.40. The van der Waals surface area contributed by atoms with E-state index >= 15 is 0 Å². The van der Waals surface area contributed by atoms with Crippen molar-refractivity contribution in [2.45, 2.75) is 69.5 Å². The topological polar surface area (TPSA) is 97.7 Å². The summed E-state index contributed by atoms with van der Waals surface area (Å²) in [5.74, 6) is 0.431. The van der Waals surface area contributed by atoms with Crippen LogP contribution in [0, 0.1) is 5.92 Å². The van der Waals surface area contributed by atoms with Crippen molar-refractivity contribution in [1.82, 2.24) is 14.2 Å². The fraction of sp³-hybridized carbons (Fsp3) is 0.565. The first-order chi connectivity index (χ1) is 15.4. The Morgan fingerprint density at radius 2 is 1.82 bits per heavy atom. The molecule has 8 nitrogen and oxygen atoms in total. The number of halogens is 1. The smallest absolute Gasteiger partial charge is 0.407 e. The maximum atomic E-state index is 13.7. The number of benzene rings is 1. The van der Waals surface area contributed by atoms with Gasteiger partial charge in [-0.05, 0) is 70.6 Å². The Hall–Kier alpha value is -1.91. The number of aromatic nitrogens is 1. The molecule has 1 saturated heterocycles. The van der Waals surface area contributed by atoms with E-state index < -0.39 is 21.7 Å². The lowest BCUT2D eigenvalue weighted by atomic mass is 10.1. The van der Waals surface area contributed by atoms with E-state index in [0.717, 1.165) is 12.8 Å². The molecule has 1 saturated carbocycles. The summed E-state index contributed by atoms with van der Waals surface area (Å²) in [5, 5.41) is 3.67. The van der Waals surface area contributed by atoms with Crippen molar-refractivity contribution in [1.29, 1.82) is 0 Å². The number of fused-ring (bicyclic) bond motifs is 1. The van der Waals surface area contributed by atoms with Crippen LogP contribution in [0.15, 0.2) is 38.6 Å². The van der Waals surface area contributed by atoms with Gasteiger partial charge in [0.1, 0.15) is 10.5 Å². The maximum Gasteiger partial charge on any atom is 0.407 e. The van der Waals surface area contributed by atoms with Gasteiger partial charge in [-0.25, -0.2) is 13.2 Å². The molecule has 1 aromatic heterocycles. The predicted molar refractivity (Wildman–Crippen MR) is 130 cm³/mol. The first-order valence-electron chi connectivity index (χ1n) is 11.3. The van der Waals surface area contributed by atoms with Crippen LogP contribution >= 0.6 is 15.9 Å². The van der Waals surface area contributed by atoms with Crippen LogP contribution in [0.2, 0.25) is 0 Å². The molecule has 180 valence electrons. The summed E-state index contributed by atoms with van der Waals surface area (Å²) in [6, 6.07) is 4.99. The highest BCUT2D eigenvalue weighted by Gasteiger charge is 2.33. The van der Waals surface area contributed by atoms with Gasteiger partial charge in [0.15, 0.2) is 0 Å². The van der Waals surface area contributed by atoms with E-state index in [1.54, 1.807) is 43.5 Å². The van der Waals surface area contributed by atoms with Crippen molar-refractivity contribution in [3.8, 4) is 0 Å². The first-order valence-corrected chi connectivity index (χ1v) is 13.5. The maximum absolute atomic E-state index is 13.7. The zero-order valence-corrected chi connectivity index (χ0v) is 21.5. The van der Waals surface area contributed by atoms with E-state index in [0.29, 0.717) is 40.5 Å². The molecule has 33 heavy (non-hydrogen) atoms. The third-order valence-corrected chi connectivity index (χ3v) is 8.38. The van der Waals surface area contributed by atoms with Crippen molar-refractivity contribution in [2.75, 3.05) is 13.1 Å². The van der Waals surface area contributed by atoms with Crippen LogP contribution in [0.3, 0.4) is 0 Å². The molecule has 1 amide bonds. The average molecular weight is 540 g/mol. The Balaban J connectivity index is 1.58. The van der Waals surface area contributed by atoms with Gasteiger partial charge in [0.25, 0.3) is 5.56 Å². The van der Waals surface area contributed by atoms with Crippen molar-refractivity contribution in [3.05, 3.63) is 39.2 Å². The number of rotatable bonds is 5. The molecule has 1 aliphatic carbocycles. The number of carbonyl (C=O) groups is 1. The van der Waals surface area contributed by atoms with Gasteiger partial charge in [-0.2, -0.15) is 4.31 Å². The molecule has 0 unspecified atom stereocenters. The quantitative estimate of drug-likeness (QED) is 0.622. The minimum atomic E-state index is -3.83. The summed E-state index contributed by atoms with van der Waals surface area (Å²) in [5.41, 5.74) is -0.754. The average Bonchev–Trinajstić information content (AvgIpc) is 3.53. The molecule has 2 fully saturated rings.